The van der Waals surface area contributed by atoms with Gasteiger partial charge in [-0.25, -0.2) is 0 Å². The standard InChI is InChI=1S/C13H21NS/c1-3-5-13(14)11-6-8-12(9-7-11)15-10-4-2/h6-9,13H,3-5,10,14H2,1-2H3. The molecule has 2 heteroatoms. The topological polar surface area (TPSA) is 26.0 Å². The summed E-state index contributed by atoms with van der Waals surface area (Å²) in [4.78, 5) is 1.35. The predicted molar refractivity (Wildman–Crippen MR) is 69.3 cm³/mol. The van der Waals surface area contributed by atoms with Crippen molar-refractivity contribution >= 4 is 11.8 Å². The molecule has 1 atom stereocenters. The van der Waals surface area contributed by atoms with Gasteiger partial charge in [-0.15, -0.1) is 11.8 Å². The summed E-state index contributed by atoms with van der Waals surface area (Å²) in [5.41, 5.74) is 7.31. The third-order valence-electron chi connectivity index (χ3n) is 2.38. The van der Waals surface area contributed by atoms with Crippen LogP contribution in [0.3, 0.4) is 0 Å². The molecule has 0 aliphatic heterocycles. The summed E-state index contributed by atoms with van der Waals surface area (Å²) in [6.45, 7) is 4.38. The quantitative estimate of drug-likeness (QED) is 0.738. The molecule has 0 amide bonds. The third kappa shape index (κ3) is 4.27. The minimum absolute atomic E-state index is 0.209. The first-order chi connectivity index (χ1) is 7.27. The summed E-state index contributed by atoms with van der Waals surface area (Å²) < 4.78 is 0. The van der Waals surface area contributed by atoms with Gasteiger partial charge >= 0.3 is 0 Å². The van der Waals surface area contributed by atoms with Gasteiger partial charge in [-0.05, 0) is 36.3 Å². The molecule has 1 aromatic rings. The van der Waals surface area contributed by atoms with Crippen molar-refractivity contribution in [2.45, 2.75) is 44.0 Å². The van der Waals surface area contributed by atoms with Gasteiger partial charge in [0.25, 0.3) is 0 Å². The molecule has 15 heavy (non-hydrogen) atoms. The fourth-order valence-electron chi connectivity index (χ4n) is 1.51. The molecule has 0 radical (unpaired) electrons. The number of benzene rings is 1. The number of nitrogens with two attached hydrogens (primary N) is 1. The Morgan fingerprint density at radius 1 is 1.13 bits per heavy atom. The van der Waals surface area contributed by atoms with Gasteiger partial charge < -0.3 is 5.73 Å². The van der Waals surface area contributed by atoms with Crippen molar-refractivity contribution in [2.75, 3.05) is 5.75 Å². The van der Waals surface area contributed by atoms with Gasteiger partial charge in [-0.3, -0.25) is 0 Å². The molecule has 2 N–H and O–H groups in total. The minimum atomic E-state index is 0.209. The van der Waals surface area contributed by atoms with Crippen molar-refractivity contribution in [1.82, 2.24) is 0 Å². The van der Waals surface area contributed by atoms with Crippen LogP contribution in [0, 0.1) is 0 Å². The molecule has 0 aliphatic rings. The number of hydrogen-bond acceptors (Lipinski definition) is 2. The molecule has 0 spiro atoms. The highest BCUT2D eigenvalue weighted by Gasteiger charge is 2.03. The van der Waals surface area contributed by atoms with Crippen LogP contribution in [0.1, 0.15) is 44.7 Å². The maximum atomic E-state index is 6.05. The largest absolute Gasteiger partial charge is 0.324 e. The van der Waals surface area contributed by atoms with Crippen LogP contribution in [0.15, 0.2) is 29.2 Å². The van der Waals surface area contributed by atoms with E-state index < -0.39 is 0 Å². The van der Waals surface area contributed by atoms with E-state index in [1.54, 1.807) is 0 Å². The first-order valence-electron chi connectivity index (χ1n) is 5.76. The Morgan fingerprint density at radius 3 is 2.33 bits per heavy atom. The number of thioether (sulfide) groups is 1. The summed E-state index contributed by atoms with van der Waals surface area (Å²) in [7, 11) is 0. The Bertz CT molecular complexity index is 268. The summed E-state index contributed by atoms with van der Waals surface area (Å²) >= 11 is 1.91. The Hall–Kier alpha value is -0.470. The maximum Gasteiger partial charge on any atom is 0.0294 e. The molecule has 0 aromatic heterocycles. The summed E-state index contributed by atoms with van der Waals surface area (Å²) in [6, 6.07) is 8.91. The highest BCUT2D eigenvalue weighted by atomic mass is 32.2. The lowest BCUT2D eigenvalue weighted by Gasteiger charge is -2.11. The van der Waals surface area contributed by atoms with Crippen LogP contribution < -0.4 is 5.73 Å². The van der Waals surface area contributed by atoms with E-state index in [2.05, 4.69) is 38.1 Å². The molecule has 1 aromatic carbocycles. The van der Waals surface area contributed by atoms with Gasteiger partial charge in [0.05, 0.1) is 0 Å². The highest BCUT2D eigenvalue weighted by molar-refractivity contribution is 7.99. The van der Waals surface area contributed by atoms with E-state index >= 15 is 0 Å². The van der Waals surface area contributed by atoms with E-state index in [-0.39, 0.29) is 6.04 Å². The smallest absolute Gasteiger partial charge is 0.0294 e. The number of rotatable bonds is 6. The molecular weight excluding hydrogens is 202 g/mol. The van der Waals surface area contributed by atoms with E-state index in [1.807, 2.05) is 11.8 Å². The zero-order valence-corrected chi connectivity index (χ0v) is 10.5. The van der Waals surface area contributed by atoms with Crippen LogP contribution in [0.25, 0.3) is 0 Å². The molecule has 0 saturated heterocycles. The van der Waals surface area contributed by atoms with E-state index in [1.165, 1.54) is 22.6 Å². The molecule has 1 rings (SSSR count). The van der Waals surface area contributed by atoms with E-state index in [0.717, 1.165) is 12.8 Å². The van der Waals surface area contributed by atoms with E-state index in [0.29, 0.717) is 0 Å². The fourth-order valence-corrected chi connectivity index (χ4v) is 2.28. The van der Waals surface area contributed by atoms with Crippen LogP contribution in [-0.2, 0) is 0 Å². The van der Waals surface area contributed by atoms with Crippen molar-refractivity contribution in [3.63, 3.8) is 0 Å². The first-order valence-corrected chi connectivity index (χ1v) is 6.74. The average Bonchev–Trinajstić information content (AvgIpc) is 2.27. The Kier molecular flexibility index (Phi) is 5.81. The molecule has 0 fully saturated rings. The molecule has 84 valence electrons. The van der Waals surface area contributed by atoms with Crippen molar-refractivity contribution < 1.29 is 0 Å². The first kappa shape index (κ1) is 12.6. The lowest BCUT2D eigenvalue weighted by atomic mass is 10.0. The monoisotopic (exact) mass is 223 g/mol. The molecule has 1 nitrogen and oxygen atoms in total. The van der Waals surface area contributed by atoms with Crippen molar-refractivity contribution in [3.8, 4) is 0 Å². The van der Waals surface area contributed by atoms with Crippen molar-refractivity contribution in [3.05, 3.63) is 29.8 Å². The van der Waals surface area contributed by atoms with Crippen LogP contribution in [0.5, 0.6) is 0 Å². The Morgan fingerprint density at radius 2 is 1.80 bits per heavy atom. The molecule has 0 saturated carbocycles. The SMILES string of the molecule is CCCSc1ccc(C(N)CCC)cc1. The zero-order valence-electron chi connectivity index (χ0n) is 9.70. The van der Waals surface area contributed by atoms with Crippen LogP contribution in [0.2, 0.25) is 0 Å². The molecule has 0 heterocycles. The van der Waals surface area contributed by atoms with Crippen LogP contribution in [0.4, 0.5) is 0 Å². The summed E-state index contributed by atoms with van der Waals surface area (Å²) in [6.07, 6.45) is 3.44. The van der Waals surface area contributed by atoms with Crippen molar-refractivity contribution in [2.24, 2.45) is 5.73 Å². The van der Waals surface area contributed by atoms with Gasteiger partial charge in [-0.2, -0.15) is 0 Å². The molecule has 1 unspecified atom stereocenters. The lowest BCUT2D eigenvalue weighted by Crippen LogP contribution is -2.09. The van der Waals surface area contributed by atoms with Gasteiger partial charge in [0.2, 0.25) is 0 Å². The van der Waals surface area contributed by atoms with Gasteiger partial charge in [-0.1, -0.05) is 32.4 Å². The van der Waals surface area contributed by atoms with Gasteiger partial charge in [0.15, 0.2) is 0 Å². The molecular formula is C13H21NS. The van der Waals surface area contributed by atoms with Gasteiger partial charge in [0.1, 0.15) is 0 Å². The Balaban J connectivity index is 2.55. The summed E-state index contributed by atoms with van der Waals surface area (Å²) in [5.74, 6) is 1.19. The third-order valence-corrected chi connectivity index (χ3v) is 3.60. The fraction of sp³-hybridized carbons (Fsp3) is 0.538. The normalized spacial score (nSPS) is 12.7. The van der Waals surface area contributed by atoms with Gasteiger partial charge in [0, 0.05) is 10.9 Å². The molecule has 0 aliphatic carbocycles. The predicted octanol–water partition coefficient (Wildman–Crippen LogP) is 3.99. The second-order valence-corrected chi connectivity index (χ2v) is 4.98. The van der Waals surface area contributed by atoms with Crippen LogP contribution >= 0.6 is 11.8 Å². The average molecular weight is 223 g/mol. The Labute approximate surface area is 97.4 Å². The van der Waals surface area contributed by atoms with Crippen LogP contribution in [-0.4, -0.2) is 5.75 Å². The maximum absolute atomic E-state index is 6.05. The minimum Gasteiger partial charge on any atom is -0.324 e. The van der Waals surface area contributed by atoms with Crippen molar-refractivity contribution in [1.29, 1.82) is 0 Å². The number of hydrogen-bond donors (Lipinski definition) is 1. The van der Waals surface area contributed by atoms with E-state index in [4.69, 9.17) is 5.73 Å². The highest BCUT2D eigenvalue weighted by Crippen LogP contribution is 2.22. The zero-order chi connectivity index (χ0) is 11.1. The molecule has 0 bridgehead atoms. The second-order valence-electron chi connectivity index (χ2n) is 3.81. The second kappa shape index (κ2) is 6.91. The lowest BCUT2D eigenvalue weighted by molar-refractivity contribution is 0.638. The summed E-state index contributed by atoms with van der Waals surface area (Å²) in [5, 5.41) is 0. The van der Waals surface area contributed by atoms with E-state index in [9.17, 15) is 0 Å².